The zero-order valence-corrected chi connectivity index (χ0v) is 17.4. The molecule has 3 rings (SSSR count). The zero-order chi connectivity index (χ0) is 22.2. The maximum Gasteiger partial charge on any atom is 0.325 e. The summed E-state index contributed by atoms with van der Waals surface area (Å²) < 4.78 is 6.56. The number of nitrogens with zero attached hydrogens (tertiary/aromatic N) is 2. The summed E-state index contributed by atoms with van der Waals surface area (Å²) in [7, 11) is 0. The molecule has 1 heterocycles. The summed E-state index contributed by atoms with van der Waals surface area (Å²) in [5, 5.41) is 9.57. The molecular weight excluding hydrogens is 396 g/mol. The Morgan fingerprint density at radius 2 is 1.68 bits per heavy atom. The molecule has 3 aromatic rings. The minimum absolute atomic E-state index is 0.164. The van der Waals surface area contributed by atoms with Crippen molar-refractivity contribution in [2.45, 2.75) is 20.3 Å². The molecule has 2 aromatic carbocycles. The minimum Gasteiger partial charge on any atom is -0.454 e. The first-order valence-corrected chi connectivity index (χ1v) is 9.80. The molecule has 0 unspecified atom stereocenters. The molecular formula is C23H24N4O4. The summed E-state index contributed by atoms with van der Waals surface area (Å²) in [6, 6.07) is 18.6. The second-order valence-electron chi connectivity index (χ2n) is 7.07. The van der Waals surface area contributed by atoms with E-state index < -0.39 is 18.5 Å². The van der Waals surface area contributed by atoms with E-state index in [1.54, 1.807) is 10.7 Å². The Kier molecular flexibility index (Phi) is 7.16. The number of hydrogen-bond donors (Lipinski definition) is 2. The lowest BCUT2D eigenvalue weighted by Crippen LogP contribution is -2.33. The van der Waals surface area contributed by atoms with E-state index in [4.69, 9.17) is 4.74 Å². The van der Waals surface area contributed by atoms with E-state index in [0.29, 0.717) is 5.82 Å². The summed E-state index contributed by atoms with van der Waals surface area (Å²) in [6.45, 7) is 3.03. The van der Waals surface area contributed by atoms with Crippen LogP contribution in [0.5, 0.6) is 0 Å². The van der Waals surface area contributed by atoms with E-state index in [-0.39, 0.29) is 18.9 Å². The molecule has 0 atom stereocenters. The van der Waals surface area contributed by atoms with Crippen LogP contribution in [0.4, 0.5) is 5.82 Å². The molecule has 0 spiro atoms. The molecule has 160 valence electrons. The fourth-order valence-electron chi connectivity index (χ4n) is 2.86. The molecule has 8 heteroatoms. The van der Waals surface area contributed by atoms with Gasteiger partial charge in [0.05, 0.1) is 17.8 Å². The topological polar surface area (TPSA) is 102 Å². The second kappa shape index (κ2) is 10.2. The summed E-state index contributed by atoms with van der Waals surface area (Å²) in [4.78, 5) is 36.0. The molecule has 1 aromatic heterocycles. The molecule has 0 aliphatic carbocycles. The van der Waals surface area contributed by atoms with Crippen molar-refractivity contribution in [2.24, 2.45) is 0 Å². The smallest absolute Gasteiger partial charge is 0.325 e. The van der Waals surface area contributed by atoms with E-state index in [2.05, 4.69) is 15.7 Å². The van der Waals surface area contributed by atoms with Crippen LogP contribution in [-0.4, -0.2) is 40.7 Å². The van der Waals surface area contributed by atoms with E-state index in [0.717, 1.165) is 22.5 Å². The van der Waals surface area contributed by atoms with Gasteiger partial charge in [0.15, 0.2) is 6.61 Å². The predicted octanol–water partition coefficient (Wildman–Crippen LogP) is 2.33. The van der Waals surface area contributed by atoms with Gasteiger partial charge in [-0.1, -0.05) is 48.0 Å². The average molecular weight is 420 g/mol. The van der Waals surface area contributed by atoms with Crippen LogP contribution in [0.15, 0.2) is 60.7 Å². The van der Waals surface area contributed by atoms with Crippen LogP contribution < -0.4 is 10.6 Å². The van der Waals surface area contributed by atoms with Gasteiger partial charge in [-0.3, -0.25) is 14.4 Å². The molecule has 0 fully saturated rings. The van der Waals surface area contributed by atoms with E-state index >= 15 is 0 Å². The normalized spacial score (nSPS) is 10.4. The third-order valence-electron chi connectivity index (χ3n) is 4.38. The Labute approximate surface area is 180 Å². The highest BCUT2D eigenvalue weighted by molar-refractivity contribution is 5.92. The van der Waals surface area contributed by atoms with Gasteiger partial charge in [0.25, 0.3) is 5.91 Å². The third-order valence-corrected chi connectivity index (χ3v) is 4.38. The first kappa shape index (κ1) is 21.8. The molecule has 8 nitrogen and oxygen atoms in total. The fraction of sp³-hybridized carbons (Fsp3) is 0.217. The van der Waals surface area contributed by atoms with Crippen LogP contribution in [-0.2, 0) is 25.5 Å². The Hall–Kier alpha value is -3.94. The van der Waals surface area contributed by atoms with Crippen molar-refractivity contribution in [2.75, 3.05) is 18.5 Å². The lowest BCUT2D eigenvalue weighted by atomic mass is 10.1. The molecule has 0 bridgehead atoms. The SMILES string of the molecule is Cc1ccc(-n2nc(C)cc2NC(=O)COC(=O)CNC(=O)Cc2ccccc2)cc1. The molecule has 2 N–H and O–H groups in total. The number of aromatic nitrogens is 2. The number of esters is 1. The molecule has 31 heavy (non-hydrogen) atoms. The van der Waals surface area contributed by atoms with E-state index in [1.807, 2.05) is 68.4 Å². The van der Waals surface area contributed by atoms with Gasteiger partial charge in [-0.05, 0) is 31.5 Å². The maximum absolute atomic E-state index is 12.2. The first-order chi connectivity index (χ1) is 14.9. The lowest BCUT2D eigenvalue weighted by Gasteiger charge is -2.10. The number of rotatable bonds is 8. The second-order valence-corrected chi connectivity index (χ2v) is 7.07. The summed E-state index contributed by atoms with van der Waals surface area (Å²) in [6.07, 6.45) is 0.164. The van der Waals surface area contributed by atoms with Crippen LogP contribution in [0, 0.1) is 13.8 Å². The molecule has 2 amide bonds. The Balaban J connectivity index is 1.46. The lowest BCUT2D eigenvalue weighted by molar-refractivity contribution is -0.147. The Bertz CT molecular complexity index is 1060. The number of ether oxygens (including phenoxy) is 1. The number of hydrogen-bond acceptors (Lipinski definition) is 5. The highest BCUT2D eigenvalue weighted by Crippen LogP contribution is 2.17. The maximum atomic E-state index is 12.2. The standard InChI is InChI=1S/C23H24N4O4/c1-16-8-10-19(11-9-16)27-20(12-17(2)26-27)25-22(29)15-31-23(30)14-24-21(28)13-18-6-4-3-5-7-18/h3-12H,13-15H2,1-2H3,(H,24,28)(H,25,29). The number of carbonyl (C=O) groups excluding carboxylic acids is 3. The monoisotopic (exact) mass is 420 g/mol. The minimum atomic E-state index is -0.695. The average Bonchev–Trinajstić information content (AvgIpc) is 3.12. The van der Waals surface area contributed by atoms with Crippen LogP contribution in [0.3, 0.4) is 0 Å². The van der Waals surface area contributed by atoms with Crippen molar-refractivity contribution >= 4 is 23.6 Å². The Morgan fingerprint density at radius 3 is 2.39 bits per heavy atom. The molecule has 0 radical (unpaired) electrons. The van der Waals surface area contributed by atoms with Crippen LogP contribution in [0.1, 0.15) is 16.8 Å². The zero-order valence-electron chi connectivity index (χ0n) is 17.4. The van der Waals surface area contributed by atoms with Gasteiger partial charge in [-0.15, -0.1) is 0 Å². The summed E-state index contributed by atoms with van der Waals surface area (Å²) in [5.41, 5.74) is 3.48. The predicted molar refractivity (Wildman–Crippen MR) is 116 cm³/mol. The van der Waals surface area contributed by atoms with Crippen molar-refractivity contribution in [1.82, 2.24) is 15.1 Å². The van der Waals surface area contributed by atoms with Gasteiger partial charge in [0.1, 0.15) is 12.4 Å². The molecule has 0 saturated carbocycles. The molecule has 0 aliphatic rings. The summed E-state index contributed by atoms with van der Waals surface area (Å²) in [5.74, 6) is -1.03. The number of nitrogens with one attached hydrogen (secondary N) is 2. The summed E-state index contributed by atoms with van der Waals surface area (Å²) >= 11 is 0. The molecule has 0 saturated heterocycles. The van der Waals surface area contributed by atoms with Crippen molar-refractivity contribution < 1.29 is 19.1 Å². The van der Waals surface area contributed by atoms with E-state index in [1.165, 1.54) is 0 Å². The van der Waals surface area contributed by atoms with Crippen molar-refractivity contribution in [1.29, 1.82) is 0 Å². The number of carbonyl (C=O) groups is 3. The van der Waals surface area contributed by atoms with Gasteiger partial charge in [-0.25, -0.2) is 4.68 Å². The van der Waals surface area contributed by atoms with Crippen molar-refractivity contribution in [3.05, 3.63) is 77.5 Å². The number of benzene rings is 2. The number of amides is 2. The van der Waals surface area contributed by atoms with Crippen LogP contribution >= 0.6 is 0 Å². The highest BCUT2D eigenvalue weighted by atomic mass is 16.5. The van der Waals surface area contributed by atoms with E-state index in [9.17, 15) is 14.4 Å². The van der Waals surface area contributed by atoms with Crippen LogP contribution in [0.25, 0.3) is 5.69 Å². The highest BCUT2D eigenvalue weighted by Gasteiger charge is 2.13. The first-order valence-electron chi connectivity index (χ1n) is 9.80. The van der Waals surface area contributed by atoms with Gasteiger partial charge >= 0.3 is 5.97 Å². The van der Waals surface area contributed by atoms with Crippen LogP contribution in [0.2, 0.25) is 0 Å². The number of anilines is 1. The fourth-order valence-corrected chi connectivity index (χ4v) is 2.86. The molecule has 0 aliphatic heterocycles. The third kappa shape index (κ3) is 6.53. The van der Waals surface area contributed by atoms with Gasteiger partial charge in [0.2, 0.25) is 5.91 Å². The number of aryl methyl sites for hydroxylation is 2. The largest absolute Gasteiger partial charge is 0.454 e. The van der Waals surface area contributed by atoms with Crippen molar-refractivity contribution in [3.63, 3.8) is 0 Å². The van der Waals surface area contributed by atoms with Gasteiger partial charge in [0, 0.05) is 6.07 Å². The van der Waals surface area contributed by atoms with Gasteiger partial charge in [-0.2, -0.15) is 5.10 Å². The quantitative estimate of drug-likeness (QED) is 0.545. The Morgan fingerprint density at radius 1 is 0.968 bits per heavy atom. The van der Waals surface area contributed by atoms with Gasteiger partial charge < -0.3 is 15.4 Å². The van der Waals surface area contributed by atoms with Crippen molar-refractivity contribution in [3.8, 4) is 5.69 Å².